The highest BCUT2D eigenvalue weighted by molar-refractivity contribution is 5.69. The SMILES string of the molecule is CN1CCN(c2cccc3c2CCC(C)(C)N3)CC1. The van der Waals surface area contributed by atoms with Gasteiger partial charge in [-0.2, -0.15) is 0 Å². The lowest BCUT2D eigenvalue weighted by Gasteiger charge is -2.39. The summed E-state index contributed by atoms with van der Waals surface area (Å²) in [7, 11) is 2.21. The fourth-order valence-corrected chi connectivity index (χ4v) is 3.16. The normalized spacial score (nSPS) is 22.8. The van der Waals surface area contributed by atoms with E-state index in [1.54, 1.807) is 0 Å². The van der Waals surface area contributed by atoms with Crippen molar-refractivity contribution in [3.05, 3.63) is 23.8 Å². The summed E-state index contributed by atoms with van der Waals surface area (Å²) < 4.78 is 0. The van der Waals surface area contributed by atoms with E-state index in [1.807, 2.05) is 0 Å². The molecule has 0 aliphatic carbocycles. The highest BCUT2D eigenvalue weighted by Crippen LogP contribution is 2.36. The third kappa shape index (κ3) is 2.57. The van der Waals surface area contributed by atoms with Gasteiger partial charge < -0.3 is 15.1 Å². The Labute approximate surface area is 116 Å². The van der Waals surface area contributed by atoms with E-state index in [0.29, 0.717) is 0 Å². The first-order valence-electron chi connectivity index (χ1n) is 7.39. The van der Waals surface area contributed by atoms with Crippen LogP contribution in [-0.2, 0) is 6.42 Å². The smallest absolute Gasteiger partial charge is 0.0420 e. The summed E-state index contributed by atoms with van der Waals surface area (Å²) in [5.41, 5.74) is 4.54. The van der Waals surface area contributed by atoms with Crippen molar-refractivity contribution < 1.29 is 0 Å². The van der Waals surface area contributed by atoms with Crippen molar-refractivity contribution in [2.45, 2.75) is 32.2 Å². The number of piperazine rings is 1. The molecule has 0 unspecified atom stereocenters. The Balaban J connectivity index is 1.87. The van der Waals surface area contributed by atoms with Gasteiger partial charge in [0.1, 0.15) is 0 Å². The number of benzene rings is 1. The maximum absolute atomic E-state index is 3.69. The first-order chi connectivity index (χ1) is 9.05. The quantitative estimate of drug-likeness (QED) is 0.836. The highest BCUT2D eigenvalue weighted by Gasteiger charge is 2.27. The van der Waals surface area contributed by atoms with Crippen LogP contribution in [0.15, 0.2) is 18.2 Å². The third-order valence-electron chi connectivity index (χ3n) is 4.47. The molecule has 1 aromatic carbocycles. The number of nitrogens with one attached hydrogen (secondary N) is 1. The minimum atomic E-state index is 0.230. The standard InChI is InChI=1S/C16H25N3/c1-16(2)8-7-13-14(17-16)5-4-6-15(13)19-11-9-18(3)10-12-19/h4-6,17H,7-12H2,1-3H3. The van der Waals surface area contributed by atoms with E-state index < -0.39 is 0 Å². The lowest BCUT2D eigenvalue weighted by Crippen LogP contribution is -2.45. The zero-order valence-electron chi connectivity index (χ0n) is 12.4. The Morgan fingerprint density at radius 2 is 1.84 bits per heavy atom. The van der Waals surface area contributed by atoms with Crippen LogP contribution >= 0.6 is 0 Å². The summed E-state index contributed by atoms with van der Waals surface area (Å²) in [4.78, 5) is 4.96. The molecule has 3 rings (SSSR count). The zero-order valence-corrected chi connectivity index (χ0v) is 12.4. The fraction of sp³-hybridized carbons (Fsp3) is 0.625. The number of anilines is 2. The van der Waals surface area contributed by atoms with Crippen LogP contribution in [0.5, 0.6) is 0 Å². The molecule has 2 heterocycles. The van der Waals surface area contributed by atoms with E-state index in [0.717, 1.165) is 13.1 Å². The molecule has 104 valence electrons. The van der Waals surface area contributed by atoms with Crippen molar-refractivity contribution in [2.24, 2.45) is 0 Å². The number of rotatable bonds is 1. The predicted octanol–water partition coefficient (Wildman–Crippen LogP) is 2.58. The van der Waals surface area contributed by atoms with Crippen LogP contribution in [-0.4, -0.2) is 43.7 Å². The van der Waals surface area contributed by atoms with E-state index in [2.05, 4.69) is 54.2 Å². The van der Waals surface area contributed by atoms with Crippen LogP contribution in [0.2, 0.25) is 0 Å². The van der Waals surface area contributed by atoms with Gasteiger partial charge in [-0.25, -0.2) is 0 Å². The zero-order chi connectivity index (χ0) is 13.5. The van der Waals surface area contributed by atoms with Crippen molar-refractivity contribution >= 4 is 11.4 Å². The minimum absolute atomic E-state index is 0.230. The third-order valence-corrected chi connectivity index (χ3v) is 4.47. The molecule has 0 amide bonds. The van der Waals surface area contributed by atoms with Crippen LogP contribution in [0.4, 0.5) is 11.4 Å². The molecule has 2 aliphatic heterocycles. The van der Waals surface area contributed by atoms with Gasteiger partial charge in [0.15, 0.2) is 0 Å². The van der Waals surface area contributed by atoms with Crippen molar-refractivity contribution in [1.82, 2.24) is 4.90 Å². The van der Waals surface area contributed by atoms with Gasteiger partial charge in [0.25, 0.3) is 0 Å². The predicted molar refractivity (Wildman–Crippen MR) is 82.2 cm³/mol. The van der Waals surface area contributed by atoms with Crippen LogP contribution in [0, 0.1) is 0 Å². The number of hydrogen-bond acceptors (Lipinski definition) is 3. The molecule has 1 aromatic rings. The molecule has 19 heavy (non-hydrogen) atoms. The maximum atomic E-state index is 3.69. The number of nitrogens with zero attached hydrogens (tertiary/aromatic N) is 2. The van der Waals surface area contributed by atoms with Gasteiger partial charge in [-0.1, -0.05) is 6.07 Å². The lowest BCUT2D eigenvalue weighted by atomic mass is 9.88. The molecule has 0 saturated carbocycles. The molecule has 0 aromatic heterocycles. The molecule has 0 radical (unpaired) electrons. The molecular weight excluding hydrogens is 234 g/mol. The molecule has 3 nitrogen and oxygen atoms in total. The molecule has 1 saturated heterocycles. The Kier molecular flexibility index (Phi) is 3.17. The van der Waals surface area contributed by atoms with Gasteiger partial charge in [-0.3, -0.25) is 0 Å². The van der Waals surface area contributed by atoms with Crippen molar-refractivity contribution in [2.75, 3.05) is 43.4 Å². The van der Waals surface area contributed by atoms with Crippen LogP contribution < -0.4 is 10.2 Å². The molecule has 0 bridgehead atoms. The van der Waals surface area contributed by atoms with E-state index >= 15 is 0 Å². The molecule has 0 atom stereocenters. The van der Waals surface area contributed by atoms with Gasteiger partial charge in [-0.05, 0) is 51.4 Å². The van der Waals surface area contributed by atoms with Crippen LogP contribution in [0.1, 0.15) is 25.8 Å². The van der Waals surface area contributed by atoms with Crippen molar-refractivity contribution in [3.8, 4) is 0 Å². The largest absolute Gasteiger partial charge is 0.380 e. The Hall–Kier alpha value is -1.22. The average molecular weight is 259 g/mol. The summed E-state index contributed by atoms with van der Waals surface area (Å²) in [5.74, 6) is 0. The van der Waals surface area contributed by atoms with Crippen molar-refractivity contribution in [3.63, 3.8) is 0 Å². The van der Waals surface area contributed by atoms with E-state index in [1.165, 1.54) is 42.9 Å². The Morgan fingerprint density at radius 1 is 1.11 bits per heavy atom. The second-order valence-electron chi connectivity index (χ2n) is 6.60. The second-order valence-corrected chi connectivity index (χ2v) is 6.60. The minimum Gasteiger partial charge on any atom is -0.380 e. The van der Waals surface area contributed by atoms with Gasteiger partial charge >= 0.3 is 0 Å². The Bertz CT molecular complexity index is 459. The molecular formula is C16H25N3. The summed E-state index contributed by atoms with van der Waals surface area (Å²) in [6.45, 7) is 9.22. The van der Waals surface area contributed by atoms with Gasteiger partial charge in [0, 0.05) is 43.1 Å². The lowest BCUT2D eigenvalue weighted by molar-refractivity contribution is 0.312. The maximum Gasteiger partial charge on any atom is 0.0420 e. The number of hydrogen-bond donors (Lipinski definition) is 1. The average Bonchev–Trinajstić information content (AvgIpc) is 2.37. The van der Waals surface area contributed by atoms with Crippen LogP contribution in [0.25, 0.3) is 0 Å². The second kappa shape index (κ2) is 4.71. The molecule has 1 N–H and O–H groups in total. The van der Waals surface area contributed by atoms with Gasteiger partial charge in [-0.15, -0.1) is 0 Å². The van der Waals surface area contributed by atoms with Gasteiger partial charge in [0.2, 0.25) is 0 Å². The van der Waals surface area contributed by atoms with E-state index in [4.69, 9.17) is 0 Å². The number of likely N-dealkylation sites (N-methyl/N-ethyl adjacent to an activating group) is 1. The summed E-state index contributed by atoms with van der Waals surface area (Å²) >= 11 is 0. The molecule has 3 heteroatoms. The first-order valence-corrected chi connectivity index (χ1v) is 7.39. The first kappa shape index (κ1) is 12.8. The topological polar surface area (TPSA) is 18.5 Å². The monoisotopic (exact) mass is 259 g/mol. The summed E-state index contributed by atoms with van der Waals surface area (Å²) in [6, 6.07) is 6.72. The summed E-state index contributed by atoms with van der Waals surface area (Å²) in [6.07, 6.45) is 2.41. The van der Waals surface area contributed by atoms with Crippen LogP contribution in [0.3, 0.4) is 0 Å². The number of fused-ring (bicyclic) bond motifs is 1. The van der Waals surface area contributed by atoms with Gasteiger partial charge in [0.05, 0.1) is 0 Å². The molecule has 2 aliphatic rings. The van der Waals surface area contributed by atoms with E-state index in [-0.39, 0.29) is 5.54 Å². The summed E-state index contributed by atoms with van der Waals surface area (Å²) in [5, 5.41) is 3.69. The Morgan fingerprint density at radius 3 is 2.58 bits per heavy atom. The van der Waals surface area contributed by atoms with E-state index in [9.17, 15) is 0 Å². The molecule has 0 spiro atoms. The highest BCUT2D eigenvalue weighted by atomic mass is 15.2. The molecule has 1 fully saturated rings. The van der Waals surface area contributed by atoms with Crippen molar-refractivity contribution in [1.29, 1.82) is 0 Å². The fourth-order valence-electron chi connectivity index (χ4n) is 3.16.